The van der Waals surface area contributed by atoms with E-state index >= 15 is 0 Å². The molecule has 3 nitrogen and oxygen atoms in total. The van der Waals surface area contributed by atoms with Gasteiger partial charge in [-0.3, -0.25) is 0 Å². The molecule has 0 aliphatic heterocycles. The molecule has 2 aromatic heterocycles. The standard InChI is InChI=1S/C18H13NO2S/c1-10-6-7-14-13(8-10)17-15(22-14)9-11-4-3-5-12(16(11)19-17)18(20)21-2/h3-9H,1-2H3. The van der Waals surface area contributed by atoms with Crippen LogP contribution in [0.15, 0.2) is 42.5 Å². The fourth-order valence-electron chi connectivity index (χ4n) is 2.76. The van der Waals surface area contributed by atoms with Crippen LogP contribution in [0, 0.1) is 6.92 Å². The molecule has 108 valence electrons. The zero-order valence-corrected chi connectivity index (χ0v) is 13.0. The molecule has 22 heavy (non-hydrogen) atoms. The number of para-hydroxylation sites is 1. The predicted octanol–water partition coefficient (Wildman–Crippen LogP) is 4.70. The van der Waals surface area contributed by atoms with Crippen LogP contribution in [-0.4, -0.2) is 18.1 Å². The van der Waals surface area contributed by atoms with E-state index in [1.165, 1.54) is 17.4 Å². The van der Waals surface area contributed by atoms with E-state index < -0.39 is 0 Å². The SMILES string of the molecule is COC(=O)c1cccc2cc3sc4ccc(C)cc4c3nc12. The Bertz CT molecular complexity index is 1050. The van der Waals surface area contributed by atoms with Crippen molar-refractivity contribution in [1.82, 2.24) is 4.98 Å². The van der Waals surface area contributed by atoms with E-state index in [1.54, 1.807) is 17.4 Å². The van der Waals surface area contributed by atoms with Gasteiger partial charge in [-0.2, -0.15) is 0 Å². The summed E-state index contributed by atoms with van der Waals surface area (Å²) in [6, 6.07) is 14.1. The first kappa shape index (κ1) is 13.2. The molecule has 0 aliphatic carbocycles. The quantitative estimate of drug-likeness (QED) is 0.479. The molecular weight excluding hydrogens is 294 g/mol. The Morgan fingerprint density at radius 3 is 2.77 bits per heavy atom. The van der Waals surface area contributed by atoms with Gasteiger partial charge in [-0.25, -0.2) is 9.78 Å². The van der Waals surface area contributed by atoms with Crippen LogP contribution < -0.4 is 0 Å². The number of carbonyl (C=O) groups excluding carboxylic acids is 1. The molecule has 4 aromatic rings. The van der Waals surface area contributed by atoms with Crippen molar-refractivity contribution >= 4 is 48.5 Å². The lowest BCUT2D eigenvalue weighted by Crippen LogP contribution is -2.02. The number of aryl methyl sites for hydroxylation is 1. The maximum absolute atomic E-state index is 12.0. The smallest absolute Gasteiger partial charge is 0.340 e. The minimum Gasteiger partial charge on any atom is -0.465 e. The molecule has 2 heterocycles. The average molecular weight is 307 g/mol. The van der Waals surface area contributed by atoms with Crippen LogP contribution in [0.25, 0.3) is 31.2 Å². The van der Waals surface area contributed by atoms with Crippen molar-refractivity contribution in [2.24, 2.45) is 0 Å². The molecule has 0 bridgehead atoms. The monoisotopic (exact) mass is 307 g/mol. The summed E-state index contributed by atoms with van der Waals surface area (Å²) in [5.74, 6) is -0.354. The molecule has 0 saturated heterocycles. The number of nitrogens with zero attached hydrogens (tertiary/aromatic N) is 1. The number of pyridine rings is 1. The summed E-state index contributed by atoms with van der Waals surface area (Å²) in [5, 5.41) is 2.10. The first-order valence-corrected chi connectivity index (χ1v) is 7.80. The fraction of sp³-hybridized carbons (Fsp3) is 0.111. The van der Waals surface area contributed by atoms with Gasteiger partial charge in [-0.15, -0.1) is 11.3 Å². The summed E-state index contributed by atoms with van der Waals surface area (Å²) in [6.45, 7) is 2.07. The second kappa shape index (κ2) is 4.78. The van der Waals surface area contributed by atoms with Crippen molar-refractivity contribution in [2.45, 2.75) is 6.92 Å². The number of methoxy groups -OCH3 is 1. The van der Waals surface area contributed by atoms with Crippen LogP contribution >= 0.6 is 11.3 Å². The topological polar surface area (TPSA) is 39.2 Å². The van der Waals surface area contributed by atoms with Gasteiger partial charge >= 0.3 is 5.97 Å². The molecule has 0 N–H and O–H groups in total. The van der Waals surface area contributed by atoms with Crippen molar-refractivity contribution in [3.05, 3.63) is 53.6 Å². The van der Waals surface area contributed by atoms with Crippen molar-refractivity contribution < 1.29 is 9.53 Å². The third-order valence-corrected chi connectivity index (χ3v) is 4.93. The van der Waals surface area contributed by atoms with Gasteiger partial charge in [0.05, 0.1) is 28.4 Å². The normalized spacial score (nSPS) is 11.4. The third kappa shape index (κ3) is 1.88. The number of aromatic nitrogens is 1. The Morgan fingerprint density at radius 1 is 1.09 bits per heavy atom. The molecule has 4 rings (SSSR count). The number of benzene rings is 2. The first-order chi connectivity index (χ1) is 10.7. The van der Waals surface area contributed by atoms with E-state index in [9.17, 15) is 4.79 Å². The lowest BCUT2D eigenvalue weighted by atomic mass is 10.1. The van der Waals surface area contributed by atoms with Gasteiger partial charge in [0.25, 0.3) is 0 Å². The highest BCUT2D eigenvalue weighted by atomic mass is 32.1. The van der Waals surface area contributed by atoms with Crippen molar-refractivity contribution in [3.8, 4) is 0 Å². The molecule has 0 fully saturated rings. The summed E-state index contributed by atoms with van der Waals surface area (Å²) < 4.78 is 7.21. The fourth-order valence-corrected chi connectivity index (χ4v) is 3.84. The zero-order valence-electron chi connectivity index (χ0n) is 12.2. The largest absolute Gasteiger partial charge is 0.465 e. The Balaban J connectivity index is 2.15. The number of hydrogen-bond donors (Lipinski definition) is 0. The van der Waals surface area contributed by atoms with E-state index in [2.05, 4.69) is 31.2 Å². The molecule has 0 saturated carbocycles. The van der Waals surface area contributed by atoms with Gasteiger partial charge < -0.3 is 4.74 Å². The van der Waals surface area contributed by atoms with E-state index in [0.29, 0.717) is 11.1 Å². The van der Waals surface area contributed by atoms with E-state index in [4.69, 9.17) is 9.72 Å². The Morgan fingerprint density at radius 2 is 1.95 bits per heavy atom. The summed E-state index contributed by atoms with van der Waals surface area (Å²) >= 11 is 1.73. The van der Waals surface area contributed by atoms with Gasteiger partial charge in [-0.1, -0.05) is 23.8 Å². The van der Waals surface area contributed by atoms with Crippen molar-refractivity contribution in [3.63, 3.8) is 0 Å². The highest BCUT2D eigenvalue weighted by Gasteiger charge is 2.14. The number of carbonyl (C=O) groups is 1. The molecular formula is C18H13NO2S. The Hall–Kier alpha value is -2.46. The number of ether oxygens (including phenoxy) is 1. The highest BCUT2D eigenvalue weighted by Crippen LogP contribution is 2.35. The van der Waals surface area contributed by atoms with Crippen LogP contribution in [0.2, 0.25) is 0 Å². The number of hydrogen-bond acceptors (Lipinski definition) is 4. The number of fused-ring (bicyclic) bond motifs is 4. The van der Waals surface area contributed by atoms with E-state index in [0.717, 1.165) is 21.0 Å². The zero-order chi connectivity index (χ0) is 15.3. The molecule has 0 aliphatic rings. The Labute approximate surface area is 131 Å². The molecule has 0 unspecified atom stereocenters. The molecule has 0 spiro atoms. The molecule has 0 amide bonds. The van der Waals surface area contributed by atoms with Crippen LogP contribution in [0.5, 0.6) is 0 Å². The highest BCUT2D eigenvalue weighted by molar-refractivity contribution is 7.25. The maximum Gasteiger partial charge on any atom is 0.340 e. The second-order valence-corrected chi connectivity index (χ2v) is 6.39. The summed E-state index contributed by atoms with van der Waals surface area (Å²) in [6.07, 6.45) is 0. The number of thiophene rings is 1. The van der Waals surface area contributed by atoms with E-state index in [-0.39, 0.29) is 5.97 Å². The van der Waals surface area contributed by atoms with Crippen LogP contribution in [0.3, 0.4) is 0 Å². The Kier molecular flexibility index (Phi) is 2.87. The molecule has 0 atom stereocenters. The number of esters is 1. The van der Waals surface area contributed by atoms with Crippen LogP contribution in [0.1, 0.15) is 15.9 Å². The van der Waals surface area contributed by atoms with Crippen molar-refractivity contribution in [2.75, 3.05) is 7.11 Å². The summed E-state index contributed by atoms with van der Waals surface area (Å²) in [7, 11) is 1.39. The van der Waals surface area contributed by atoms with Gasteiger partial charge in [-0.05, 0) is 31.2 Å². The predicted molar refractivity (Wildman–Crippen MR) is 90.7 cm³/mol. The minimum absolute atomic E-state index is 0.354. The van der Waals surface area contributed by atoms with Crippen LogP contribution in [-0.2, 0) is 4.74 Å². The summed E-state index contributed by atoms with van der Waals surface area (Å²) in [4.78, 5) is 16.7. The van der Waals surface area contributed by atoms with Gasteiger partial charge in [0.2, 0.25) is 0 Å². The van der Waals surface area contributed by atoms with E-state index in [1.807, 2.05) is 12.1 Å². The first-order valence-electron chi connectivity index (χ1n) is 6.98. The van der Waals surface area contributed by atoms with Crippen molar-refractivity contribution in [1.29, 1.82) is 0 Å². The lowest BCUT2D eigenvalue weighted by Gasteiger charge is -2.04. The third-order valence-electron chi connectivity index (χ3n) is 3.83. The second-order valence-electron chi connectivity index (χ2n) is 5.31. The molecule has 0 radical (unpaired) electrons. The minimum atomic E-state index is -0.354. The van der Waals surface area contributed by atoms with Gasteiger partial charge in [0.1, 0.15) is 0 Å². The van der Waals surface area contributed by atoms with Gasteiger partial charge in [0.15, 0.2) is 0 Å². The summed E-state index contributed by atoms with van der Waals surface area (Å²) in [5.41, 5.74) is 3.36. The average Bonchev–Trinajstić information content (AvgIpc) is 2.88. The number of rotatable bonds is 1. The van der Waals surface area contributed by atoms with Crippen LogP contribution in [0.4, 0.5) is 0 Å². The maximum atomic E-state index is 12.0. The molecule has 4 heteroatoms. The lowest BCUT2D eigenvalue weighted by molar-refractivity contribution is 0.0603. The van der Waals surface area contributed by atoms with Gasteiger partial charge in [0, 0.05) is 15.5 Å². The molecule has 2 aromatic carbocycles.